The topological polar surface area (TPSA) is 58.6 Å². The molecule has 5 nitrogen and oxygen atoms in total. The van der Waals surface area contributed by atoms with E-state index in [-0.39, 0.29) is 29.0 Å². The molecule has 1 amide bonds. The first-order valence-corrected chi connectivity index (χ1v) is 12.1. The summed E-state index contributed by atoms with van der Waals surface area (Å²) >= 11 is 0. The van der Waals surface area contributed by atoms with Crippen LogP contribution in [-0.4, -0.2) is 31.4 Å². The molecule has 3 aromatic rings. The van der Waals surface area contributed by atoms with Crippen LogP contribution in [0.5, 0.6) is 5.75 Å². The fourth-order valence-electron chi connectivity index (χ4n) is 4.98. The minimum atomic E-state index is -0.423. The summed E-state index contributed by atoms with van der Waals surface area (Å²) < 4.78 is 33.6. The summed E-state index contributed by atoms with van der Waals surface area (Å²) in [4.78, 5) is 27.1. The number of nitrogens with one attached hydrogen (secondary N) is 1. The van der Waals surface area contributed by atoms with Gasteiger partial charge < -0.3 is 15.0 Å². The van der Waals surface area contributed by atoms with Crippen molar-refractivity contribution < 1.29 is 23.1 Å². The van der Waals surface area contributed by atoms with Crippen molar-refractivity contribution in [3.63, 3.8) is 0 Å². The first-order valence-electron chi connectivity index (χ1n) is 12.1. The number of anilines is 1. The average Bonchev–Trinajstić information content (AvgIpc) is 3.58. The van der Waals surface area contributed by atoms with Gasteiger partial charge in [0.2, 0.25) is 0 Å². The van der Waals surface area contributed by atoms with Crippen molar-refractivity contribution in [2.45, 2.75) is 38.1 Å². The largest absolute Gasteiger partial charge is 0.492 e. The Bertz CT molecular complexity index is 1300. The molecule has 1 spiro atoms. The number of ketones is 1. The van der Waals surface area contributed by atoms with Gasteiger partial charge in [-0.25, -0.2) is 8.78 Å². The lowest BCUT2D eigenvalue weighted by molar-refractivity contribution is 0.0938. The van der Waals surface area contributed by atoms with Crippen molar-refractivity contribution in [1.29, 1.82) is 0 Å². The maximum absolute atomic E-state index is 14.7. The lowest BCUT2D eigenvalue weighted by Crippen LogP contribution is -2.32. The normalized spacial score (nSPS) is 15.9. The molecule has 1 fully saturated rings. The molecule has 1 heterocycles. The van der Waals surface area contributed by atoms with E-state index < -0.39 is 5.82 Å². The molecule has 0 radical (unpaired) electrons. The third-order valence-corrected chi connectivity index (χ3v) is 7.16. The molecule has 0 aromatic heterocycles. The Kier molecular flexibility index (Phi) is 6.24. The van der Waals surface area contributed by atoms with Gasteiger partial charge in [-0.1, -0.05) is 24.3 Å². The number of benzene rings is 3. The molecule has 0 bridgehead atoms. The van der Waals surface area contributed by atoms with E-state index in [2.05, 4.69) is 10.2 Å². The molecule has 0 unspecified atom stereocenters. The highest BCUT2D eigenvalue weighted by atomic mass is 19.1. The van der Waals surface area contributed by atoms with Gasteiger partial charge in [-0.3, -0.25) is 9.59 Å². The average molecular weight is 491 g/mol. The number of halogens is 2. The zero-order valence-electron chi connectivity index (χ0n) is 20.3. The molecule has 7 heteroatoms. The molecule has 1 N–H and O–H groups in total. The number of ether oxygens (including phenoxy) is 1. The van der Waals surface area contributed by atoms with Crippen LogP contribution in [0, 0.1) is 11.6 Å². The predicted molar refractivity (Wildman–Crippen MR) is 134 cm³/mol. The minimum Gasteiger partial charge on any atom is -0.492 e. The molecule has 1 aliphatic carbocycles. The van der Waals surface area contributed by atoms with Gasteiger partial charge in [0.25, 0.3) is 5.91 Å². The Morgan fingerprint density at radius 2 is 1.72 bits per heavy atom. The highest BCUT2D eigenvalue weighted by Crippen LogP contribution is 2.57. The van der Waals surface area contributed by atoms with Crippen LogP contribution in [0.25, 0.3) is 0 Å². The number of hydrogen-bond acceptors (Lipinski definition) is 4. The van der Waals surface area contributed by atoms with Crippen LogP contribution in [0.4, 0.5) is 14.5 Å². The maximum atomic E-state index is 14.7. The second-order valence-corrected chi connectivity index (χ2v) is 9.73. The van der Waals surface area contributed by atoms with Crippen LogP contribution < -0.4 is 15.0 Å². The van der Waals surface area contributed by atoms with Crippen LogP contribution in [0.15, 0.2) is 60.7 Å². The highest BCUT2D eigenvalue weighted by molar-refractivity contribution is 6.02. The van der Waals surface area contributed by atoms with Crippen LogP contribution in [-0.2, 0) is 5.41 Å². The van der Waals surface area contributed by atoms with E-state index in [1.807, 2.05) is 19.1 Å². The van der Waals surface area contributed by atoms with E-state index in [4.69, 9.17) is 4.74 Å². The lowest BCUT2D eigenvalue weighted by atomic mass is 9.95. The SMILES string of the molecule is CC(=O)c1ccc([C@H](C)NC(=O)c2cc(F)cc3c2N(CCOc2ccc(F)cc2)CC32CC2)cc1. The van der Waals surface area contributed by atoms with Crippen molar-refractivity contribution >= 4 is 17.4 Å². The zero-order chi connectivity index (χ0) is 25.4. The molecular weight excluding hydrogens is 462 g/mol. The lowest BCUT2D eigenvalue weighted by Gasteiger charge is -2.23. The summed E-state index contributed by atoms with van der Waals surface area (Å²) in [5.41, 5.74) is 3.29. The van der Waals surface area contributed by atoms with Gasteiger partial charge in [-0.05, 0) is 74.2 Å². The van der Waals surface area contributed by atoms with Crippen molar-refractivity contribution in [3.05, 3.63) is 94.6 Å². The molecule has 5 rings (SSSR count). The summed E-state index contributed by atoms with van der Waals surface area (Å²) in [5, 5.41) is 2.99. The number of amides is 1. The van der Waals surface area contributed by atoms with Crippen molar-refractivity contribution in [2.75, 3.05) is 24.6 Å². The molecule has 1 atom stereocenters. The summed E-state index contributed by atoms with van der Waals surface area (Å²) in [6.45, 7) is 4.93. The van der Waals surface area contributed by atoms with Crippen LogP contribution in [0.1, 0.15) is 64.6 Å². The molecule has 3 aromatic carbocycles. The molecule has 186 valence electrons. The summed E-state index contributed by atoms with van der Waals surface area (Å²) in [5.74, 6) is -0.554. The van der Waals surface area contributed by atoms with E-state index in [1.54, 1.807) is 30.3 Å². The zero-order valence-corrected chi connectivity index (χ0v) is 20.3. The standard InChI is InChI=1S/C29H28F2N2O3/c1-18(20-3-5-21(6-4-20)19(2)34)32-28(35)25-15-23(31)16-26-27(25)33(17-29(26)11-12-29)13-14-36-24-9-7-22(30)8-10-24/h3-10,15-16,18H,11-14,17H2,1-2H3,(H,32,35)/t18-/m0/s1. The van der Waals surface area contributed by atoms with Crippen molar-refractivity contribution in [1.82, 2.24) is 5.32 Å². The summed E-state index contributed by atoms with van der Waals surface area (Å²) in [6, 6.07) is 15.5. The van der Waals surface area contributed by atoms with Gasteiger partial charge in [0.05, 0.1) is 23.8 Å². The maximum Gasteiger partial charge on any atom is 0.253 e. The van der Waals surface area contributed by atoms with E-state index in [0.29, 0.717) is 36.6 Å². The molecule has 1 saturated carbocycles. The first-order chi connectivity index (χ1) is 17.3. The highest BCUT2D eigenvalue weighted by Gasteiger charge is 2.53. The quantitative estimate of drug-likeness (QED) is 0.419. The van der Waals surface area contributed by atoms with E-state index in [0.717, 1.165) is 29.7 Å². The second-order valence-electron chi connectivity index (χ2n) is 9.73. The van der Waals surface area contributed by atoms with E-state index >= 15 is 0 Å². The minimum absolute atomic E-state index is 0.0222. The van der Waals surface area contributed by atoms with E-state index in [1.165, 1.54) is 25.1 Å². The Morgan fingerprint density at radius 1 is 1.03 bits per heavy atom. The summed E-state index contributed by atoms with van der Waals surface area (Å²) in [6.07, 6.45) is 1.91. The second kappa shape index (κ2) is 9.37. The van der Waals surface area contributed by atoms with Gasteiger partial charge in [0.1, 0.15) is 24.0 Å². The van der Waals surface area contributed by atoms with Crippen molar-refractivity contribution in [2.24, 2.45) is 0 Å². The van der Waals surface area contributed by atoms with Gasteiger partial charge in [0.15, 0.2) is 5.78 Å². The third kappa shape index (κ3) is 4.70. The third-order valence-electron chi connectivity index (χ3n) is 7.16. The van der Waals surface area contributed by atoms with Gasteiger partial charge >= 0.3 is 0 Å². The Balaban J connectivity index is 1.35. The number of nitrogens with zero attached hydrogens (tertiary/aromatic N) is 1. The first kappa shape index (κ1) is 24.0. The van der Waals surface area contributed by atoms with Gasteiger partial charge in [-0.15, -0.1) is 0 Å². The Labute approximate surface area is 209 Å². The molecule has 1 aliphatic heterocycles. The Hall–Kier alpha value is -3.74. The smallest absolute Gasteiger partial charge is 0.253 e. The van der Waals surface area contributed by atoms with Crippen molar-refractivity contribution in [3.8, 4) is 5.75 Å². The van der Waals surface area contributed by atoms with Crippen LogP contribution in [0.3, 0.4) is 0 Å². The number of hydrogen-bond donors (Lipinski definition) is 1. The predicted octanol–water partition coefficient (Wildman–Crippen LogP) is 5.59. The molecule has 0 saturated heterocycles. The van der Waals surface area contributed by atoms with Crippen LogP contribution >= 0.6 is 0 Å². The molecule has 36 heavy (non-hydrogen) atoms. The number of rotatable bonds is 8. The molecular formula is C29H28F2N2O3. The monoisotopic (exact) mass is 490 g/mol. The number of carbonyl (C=O) groups is 2. The number of fused-ring (bicyclic) bond motifs is 2. The van der Waals surface area contributed by atoms with Crippen LogP contribution in [0.2, 0.25) is 0 Å². The fraction of sp³-hybridized carbons (Fsp3) is 0.310. The summed E-state index contributed by atoms with van der Waals surface area (Å²) in [7, 11) is 0. The number of Topliss-reactive ketones (excluding diaryl/α,β-unsaturated/α-hetero) is 1. The molecule has 2 aliphatic rings. The number of carbonyl (C=O) groups excluding carboxylic acids is 2. The fourth-order valence-corrected chi connectivity index (χ4v) is 4.98. The van der Waals surface area contributed by atoms with E-state index in [9.17, 15) is 18.4 Å². The Morgan fingerprint density at radius 3 is 2.36 bits per heavy atom. The van der Waals surface area contributed by atoms with Gasteiger partial charge in [0, 0.05) is 17.5 Å². The van der Waals surface area contributed by atoms with Gasteiger partial charge in [-0.2, -0.15) is 0 Å².